The molecule has 27 heavy (non-hydrogen) atoms. The molecule has 146 valence electrons. The van der Waals surface area contributed by atoms with Crippen LogP contribution in [0.1, 0.15) is 38.7 Å². The molecule has 6 nitrogen and oxygen atoms in total. The van der Waals surface area contributed by atoms with E-state index in [9.17, 15) is 9.59 Å². The second-order valence-electron chi connectivity index (χ2n) is 7.12. The van der Waals surface area contributed by atoms with Crippen LogP contribution in [0.4, 0.5) is 0 Å². The average Bonchev–Trinajstić information content (AvgIpc) is 3.11. The van der Waals surface area contributed by atoms with Gasteiger partial charge < -0.3 is 19.5 Å². The van der Waals surface area contributed by atoms with E-state index in [4.69, 9.17) is 25.8 Å². The van der Waals surface area contributed by atoms with Crippen LogP contribution in [-0.2, 0) is 14.3 Å². The van der Waals surface area contributed by atoms with E-state index < -0.39 is 5.97 Å². The summed E-state index contributed by atoms with van der Waals surface area (Å²) in [5, 5.41) is 3.39. The SMILES string of the molecule is C[C@@H]1[C@@H](C)CCC[C@H]1NC(=O)COC(=O)/C=C/c1cc(Cl)c2c(c1)OCO2. The summed E-state index contributed by atoms with van der Waals surface area (Å²) in [7, 11) is 0. The Balaban J connectivity index is 1.47. The zero-order chi connectivity index (χ0) is 19.4. The lowest BCUT2D eigenvalue weighted by molar-refractivity contribution is -0.144. The number of esters is 1. The van der Waals surface area contributed by atoms with Crippen molar-refractivity contribution in [1.82, 2.24) is 5.32 Å². The standard InChI is InChI=1S/C20H24ClNO5/c1-12-4-3-5-16(13(12)2)22-18(23)10-25-19(24)7-6-14-8-15(21)20-17(9-14)26-11-27-20/h6-9,12-13,16H,3-5,10-11H2,1-2H3,(H,22,23)/b7-6+/t12-,13+,16+/m0/s1. The number of carbonyl (C=O) groups is 2. The Labute approximate surface area is 163 Å². The fourth-order valence-electron chi connectivity index (χ4n) is 3.47. The molecule has 0 spiro atoms. The van der Waals surface area contributed by atoms with Gasteiger partial charge in [-0.15, -0.1) is 0 Å². The van der Waals surface area contributed by atoms with Gasteiger partial charge in [0.2, 0.25) is 6.79 Å². The van der Waals surface area contributed by atoms with Crippen molar-refractivity contribution in [3.63, 3.8) is 0 Å². The summed E-state index contributed by atoms with van der Waals surface area (Å²) in [6, 6.07) is 3.53. The van der Waals surface area contributed by atoms with E-state index in [1.165, 1.54) is 12.5 Å². The van der Waals surface area contributed by atoms with Crippen LogP contribution in [-0.4, -0.2) is 31.3 Å². The van der Waals surface area contributed by atoms with Crippen LogP contribution < -0.4 is 14.8 Å². The first-order valence-electron chi connectivity index (χ1n) is 9.17. The number of hydrogen-bond donors (Lipinski definition) is 1. The van der Waals surface area contributed by atoms with Crippen LogP contribution in [0.15, 0.2) is 18.2 Å². The lowest BCUT2D eigenvalue weighted by atomic mass is 9.78. The zero-order valence-corrected chi connectivity index (χ0v) is 16.3. The summed E-state index contributed by atoms with van der Waals surface area (Å²) in [6.07, 6.45) is 6.08. The first kappa shape index (κ1) is 19.5. The zero-order valence-electron chi connectivity index (χ0n) is 15.5. The van der Waals surface area contributed by atoms with Gasteiger partial charge in [0.25, 0.3) is 5.91 Å². The van der Waals surface area contributed by atoms with Crippen molar-refractivity contribution in [3.05, 3.63) is 28.8 Å². The summed E-state index contributed by atoms with van der Waals surface area (Å²) in [5.41, 5.74) is 0.677. The minimum absolute atomic E-state index is 0.123. The van der Waals surface area contributed by atoms with Crippen molar-refractivity contribution in [3.8, 4) is 11.5 Å². The molecule has 0 saturated heterocycles. The Morgan fingerprint density at radius 2 is 2.11 bits per heavy atom. The Kier molecular flexibility index (Phi) is 6.26. The molecule has 0 unspecified atom stereocenters. The topological polar surface area (TPSA) is 73.9 Å². The molecule has 0 radical (unpaired) electrons. The molecule has 0 aromatic heterocycles. The van der Waals surface area contributed by atoms with Gasteiger partial charge in [0.05, 0.1) is 5.02 Å². The van der Waals surface area contributed by atoms with Gasteiger partial charge in [-0.2, -0.15) is 0 Å². The van der Waals surface area contributed by atoms with Crippen molar-refractivity contribution < 1.29 is 23.8 Å². The van der Waals surface area contributed by atoms with Gasteiger partial charge in [0.1, 0.15) is 0 Å². The van der Waals surface area contributed by atoms with E-state index in [0.29, 0.717) is 33.9 Å². The van der Waals surface area contributed by atoms with Crippen LogP contribution in [0, 0.1) is 11.8 Å². The average molecular weight is 394 g/mol. The fraction of sp³-hybridized carbons (Fsp3) is 0.500. The minimum atomic E-state index is -0.594. The van der Waals surface area contributed by atoms with E-state index >= 15 is 0 Å². The summed E-state index contributed by atoms with van der Waals surface area (Å²) in [4.78, 5) is 23.9. The largest absolute Gasteiger partial charge is 0.454 e. The molecule has 1 aliphatic heterocycles. The third-order valence-corrected chi connectivity index (χ3v) is 5.54. The number of ether oxygens (including phenoxy) is 3. The molecule has 1 aromatic rings. The van der Waals surface area contributed by atoms with E-state index in [-0.39, 0.29) is 25.3 Å². The number of fused-ring (bicyclic) bond motifs is 1. The first-order valence-corrected chi connectivity index (χ1v) is 9.55. The smallest absolute Gasteiger partial charge is 0.331 e. The number of halogens is 1. The number of amides is 1. The molecule has 1 saturated carbocycles. The Hall–Kier alpha value is -2.21. The molecule has 2 aliphatic rings. The lowest BCUT2D eigenvalue weighted by Crippen LogP contribution is -2.45. The first-order chi connectivity index (χ1) is 12.9. The summed E-state index contributed by atoms with van der Waals surface area (Å²) < 4.78 is 15.5. The highest BCUT2D eigenvalue weighted by molar-refractivity contribution is 6.32. The number of benzene rings is 1. The molecule has 1 aromatic carbocycles. The Morgan fingerprint density at radius 3 is 2.93 bits per heavy atom. The quantitative estimate of drug-likeness (QED) is 0.611. The van der Waals surface area contributed by atoms with Gasteiger partial charge >= 0.3 is 5.97 Å². The monoisotopic (exact) mass is 393 g/mol. The van der Waals surface area contributed by atoms with Crippen LogP contribution in [0.5, 0.6) is 11.5 Å². The summed E-state index contributed by atoms with van der Waals surface area (Å²) in [5.74, 6) is 1.18. The molecule has 1 fully saturated rings. The van der Waals surface area contributed by atoms with Crippen LogP contribution in [0.2, 0.25) is 5.02 Å². The van der Waals surface area contributed by atoms with Crippen LogP contribution >= 0.6 is 11.6 Å². The van der Waals surface area contributed by atoms with E-state index in [0.717, 1.165) is 12.8 Å². The van der Waals surface area contributed by atoms with Crippen molar-refractivity contribution in [1.29, 1.82) is 0 Å². The highest BCUT2D eigenvalue weighted by Crippen LogP contribution is 2.40. The molecule has 0 bridgehead atoms. The number of hydrogen-bond acceptors (Lipinski definition) is 5. The maximum Gasteiger partial charge on any atom is 0.331 e. The van der Waals surface area contributed by atoms with Crippen molar-refractivity contribution in [2.24, 2.45) is 11.8 Å². The van der Waals surface area contributed by atoms with Crippen molar-refractivity contribution >= 4 is 29.6 Å². The highest BCUT2D eigenvalue weighted by Gasteiger charge is 2.28. The van der Waals surface area contributed by atoms with Gasteiger partial charge in [0, 0.05) is 12.1 Å². The molecule has 1 amide bonds. The second-order valence-corrected chi connectivity index (χ2v) is 7.53. The molecule has 1 heterocycles. The number of nitrogens with one attached hydrogen (secondary N) is 1. The summed E-state index contributed by atoms with van der Waals surface area (Å²) >= 11 is 6.10. The van der Waals surface area contributed by atoms with Gasteiger partial charge in [0.15, 0.2) is 18.1 Å². The normalized spacial score (nSPS) is 24.0. The van der Waals surface area contributed by atoms with Gasteiger partial charge in [-0.1, -0.05) is 38.3 Å². The van der Waals surface area contributed by atoms with E-state index in [2.05, 4.69) is 19.2 Å². The van der Waals surface area contributed by atoms with Gasteiger partial charge in [-0.3, -0.25) is 4.79 Å². The van der Waals surface area contributed by atoms with E-state index in [1.807, 2.05) is 0 Å². The molecule has 7 heteroatoms. The molecular formula is C20H24ClNO5. The van der Waals surface area contributed by atoms with E-state index in [1.54, 1.807) is 18.2 Å². The predicted molar refractivity (Wildman–Crippen MR) is 102 cm³/mol. The Bertz CT molecular complexity index is 748. The molecule has 3 rings (SSSR count). The third kappa shape index (κ3) is 4.95. The van der Waals surface area contributed by atoms with Crippen LogP contribution in [0.3, 0.4) is 0 Å². The van der Waals surface area contributed by atoms with Gasteiger partial charge in [-0.05, 0) is 42.0 Å². The number of rotatable bonds is 5. The molecule has 1 aliphatic carbocycles. The second kappa shape index (κ2) is 8.65. The molecule has 3 atom stereocenters. The summed E-state index contributed by atoms with van der Waals surface area (Å²) in [6.45, 7) is 4.19. The van der Waals surface area contributed by atoms with Crippen molar-refractivity contribution in [2.45, 2.75) is 39.2 Å². The maximum absolute atomic E-state index is 12.1. The number of carbonyl (C=O) groups excluding carboxylic acids is 2. The maximum atomic E-state index is 12.1. The van der Waals surface area contributed by atoms with Gasteiger partial charge in [-0.25, -0.2) is 4.79 Å². The lowest BCUT2D eigenvalue weighted by Gasteiger charge is -2.34. The van der Waals surface area contributed by atoms with Crippen molar-refractivity contribution in [2.75, 3.05) is 13.4 Å². The minimum Gasteiger partial charge on any atom is -0.454 e. The molecular weight excluding hydrogens is 370 g/mol. The third-order valence-electron chi connectivity index (χ3n) is 5.26. The fourth-order valence-corrected chi connectivity index (χ4v) is 3.74. The van der Waals surface area contributed by atoms with Crippen LogP contribution in [0.25, 0.3) is 6.08 Å². The Morgan fingerprint density at radius 1 is 1.30 bits per heavy atom. The highest BCUT2D eigenvalue weighted by atomic mass is 35.5. The predicted octanol–water partition coefficient (Wildman–Crippen LogP) is 3.57. The molecule has 1 N–H and O–H groups in total.